The number of halogens is 1. The number of rotatable bonds is 8. The second-order valence-corrected chi connectivity index (χ2v) is 3.56. The molecule has 0 heterocycles. The summed E-state index contributed by atoms with van der Waals surface area (Å²) >= 11 is 5.27. The summed E-state index contributed by atoms with van der Waals surface area (Å²) in [6, 6.07) is 0. The lowest BCUT2D eigenvalue weighted by Crippen LogP contribution is -2.31. The molecule has 0 aromatic heterocycles. The first kappa shape index (κ1) is 14.2. The zero-order valence-corrected chi connectivity index (χ0v) is 9.90. The maximum Gasteiger partial charge on any atom is 0.234 e. The molecule has 0 aromatic carbocycles. The number of nitrogens with one attached hydrogen (secondary N) is 2. The van der Waals surface area contributed by atoms with E-state index in [1.54, 1.807) is 0 Å². The van der Waals surface area contributed by atoms with Crippen molar-refractivity contribution in [2.75, 3.05) is 19.0 Å². The molecule has 5 heteroatoms. The van der Waals surface area contributed by atoms with E-state index in [9.17, 15) is 9.59 Å². The highest BCUT2D eigenvalue weighted by molar-refractivity contribution is 6.27. The number of hydrogen-bond acceptors (Lipinski definition) is 2. The van der Waals surface area contributed by atoms with Gasteiger partial charge in [-0.3, -0.25) is 9.59 Å². The van der Waals surface area contributed by atoms with Crippen molar-refractivity contribution in [3.63, 3.8) is 0 Å². The molecular weight excluding hydrogens is 216 g/mol. The second kappa shape index (κ2) is 9.77. The van der Waals surface area contributed by atoms with E-state index < -0.39 is 0 Å². The summed E-state index contributed by atoms with van der Waals surface area (Å²) in [6.07, 6.45) is 3.59. The van der Waals surface area contributed by atoms with Crippen LogP contribution in [0.2, 0.25) is 0 Å². The molecule has 0 unspecified atom stereocenters. The smallest absolute Gasteiger partial charge is 0.234 e. The molecule has 0 aliphatic rings. The lowest BCUT2D eigenvalue weighted by molar-refractivity contribution is -0.121. The van der Waals surface area contributed by atoms with Gasteiger partial charge in [-0.05, 0) is 6.42 Å². The zero-order chi connectivity index (χ0) is 11.5. The number of carbonyl (C=O) groups excluding carboxylic acids is 2. The Hall–Kier alpha value is -0.770. The van der Waals surface area contributed by atoms with Crippen LogP contribution in [0.3, 0.4) is 0 Å². The van der Waals surface area contributed by atoms with Gasteiger partial charge in [-0.25, -0.2) is 0 Å². The first-order valence-corrected chi connectivity index (χ1v) is 5.83. The Labute approximate surface area is 95.7 Å². The SMILES string of the molecule is CCCCCNC(=O)CCNC(=O)CCl. The van der Waals surface area contributed by atoms with Crippen molar-refractivity contribution in [1.29, 1.82) is 0 Å². The fourth-order valence-electron chi connectivity index (χ4n) is 1.05. The molecule has 0 fully saturated rings. The molecule has 88 valence electrons. The lowest BCUT2D eigenvalue weighted by Gasteiger charge is -2.05. The summed E-state index contributed by atoms with van der Waals surface area (Å²) < 4.78 is 0. The topological polar surface area (TPSA) is 58.2 Å². The quantitative estimate of drug-likeness (QED) is 0.487. The molecular formula is C10H19ClN2O2. The van der Waals surface area contributed by atoms with E-state index in [2.05, 4.69) is 17.6 Å². The van der Waals surface area contributed by atoms with E-state index in [1.165, 1.54) is 0 Å². The molecule has 0 radical (unpaired) electrons. The van der Waals surface area contributed by atoms with E-state index in [1.807, 2.05) is 0 Å². The first-order chi connectivity index (χ1) is 7.20. The molecule has 0 aromatic rings. The Morgan fingerprint density at radius 1 is 1.07 bits per heavy atom. The summed E-state index contributed by atoms with van der Waals surface area (Å²) in [5, 5.41) is 5.32. The van der Waals surface area contributed by atoms with Crippen molar-refractivity contribution >= 4 is 23.4 Å². The van der Waals surface area contributed by atoms with Gasteiger partial charge >= 0.3 is 0 Å². The highest BCUT2D eigenvalue weighted by Gasteiger charge is 2.01. The molecule has 2 N–H and O–H groups in total. The van der Waals surface area contributed by atoms with Crippen LogP contribution in [-0.2, 0) is 9.59 Å². The van der Waals surface area contributed by atoms with E-state index in [-0.39, 0.29) is 17.7 Å². The summed E-state index contributed by atoms with van der Waals surface area (Å²) in [4.78, 5) is 21.9. The molecule has 4 nitrogen and oxygen atoms in total. The van der Waals surface area contributed by atoms with Gasteiger partial charge in [-0.1, -0.05) is 19.8 Å². The highest BCUT2D eigenvalue weighted by atomic mass is 35.5. The van der Waals surface area contributed by atoms with Crippen molar-refractivity contribution in [3.05, 3.63) is 0 Å². The normalized spacial score (nSPS) is 9.73. The molecule has 0 rings (SSSR count). The van der Waals surface area contributed by atoms with Gasteiger partial charge in [-0.2, -0.15) is 0 Å². The average molecular weight is 235 g/mol. The van der Waals surface area contributed by atoms with Crippen LogP contribution >= 0.6 is 11.6 Å². The van der Waals surface area contributed by atoms with Crippen LogP contribution in [0.15, 0.2) is 0 Å². The summed E-state index contributed by atoms with van der Waals surface area (Å²) in [7, 11) is 0. The summed E-state index contributed by atoms with van der Waals surface area (Å²) in [5.74, 6) is -0.325. The number of amides is 2. The highest BCUT2D eigenvalue weighted by Crippen LogP contribution is 1.91. The molecule has 2 amide bonds. The minimum absolute atomic E-state index is 0.0269. The minimum atomic E-state index is -0.240. The third-order valence-electron chi connectivity index (χ3n) is 1.90. The molecule has 0 saturated heterocycles. The van der Waals surface area contributed by atoms with Gasteiger partial charge in [-0.15, -0.1) is 11.6 Å². The molecule has 0 aliphatic carbocycles. The third kappa shape index (κ3) is 9.53. The number of hydrogen-bond donors (Lipinski definition) is 2. The van der Waals surface area contributed by atoms with E-state index >= 15 is 0 Å². The predicted molar refractivity (Wildman–Crippen MR) is 60.9 cm³/mol. The maximum absolute atomic E-state index is 11.2. The van der Waals surface area contributed by atoms with Crippen molar-refractivity contribution in [3.8, 4) is 0 Å². The molecule has 0 spiro atoms. The van der Waals surface area contributed by atoms with Crippen LogP contribution in [-0.4, -0.2) is 30.8 Å². The van der Waals surface area contributed by atoms with Crippen molar-refractivity contribution in [2.24, 2.45) is 0 Å². The van der Waals surface area contributed by atoms with Crippen LogP contribution in [0, 0.1) is 0 Å². The fourth-order valence-corrected chi connectivity index (χ4v) is 1.15. The van der Waals surface area contributed by atoms with E-state index in [0.717, 1.165) is 25.8 Å². The number of alkyl halides is 1. The zero-order valence-electron chi connectivity index (χ0n) is 9.14. The number of carbonyl (C=O) groups is 2. The Bertz CT molecular complexity index is 198. The van der Waals surface area contributed by atoms with Gasteiger partial charge in [0.2, 0.25) is 11.8 Å². The van der Waals surface area contributed by atoms with Crippen molar-refractivity contribution in [1.82, 2.24) is 10.6 Å². The third-order valence-corrected chi connectivity index (χ3v) is 2.14. The van der Waals surface area contributed by atoms with Crippen LogP contribution in [0.1, 0.15) is 32.6 Å². The Balaban J connectivity index is 3.29. The Kier molecular flexibility index (Phi) is 9.27. The van der Waals surface area contributed by atoms with Crippen molar-refractivity contribution in [2.45, 2.75) is 32.6 Å². The second-order valence-electron chi connectivity index (χ2n) is 3.29. The van der Waals surface area contributed by atoms with Crippen LogP contribution in [0.25, 0.3) is 0 Å². The Morgan fingerprint density at radius 3 is 2.33 bits per heavy atom. The summed E-state index contributed by atoms with van der Waals surface area (Å²) in [6.45, 7) is 3.19. The lowest BCUT2D eigenvalue weighted by atomic mass is 10.2. The molecule has 0 bridgehead atoms. The van der Waals surface area contributed by atoms with Crippen molar-refractivity contribution < 1.29 is 9.59 Å². The number of unbranched alkanes of at least 4 members (excludes halogenated alkanes) is 2. The van der Waals surface area contributed by atoms with Gasteiger partial charge in [0.25, 0.3) is 0 Å². The van der Waals surface area contributed by atoms with Gasteiger partial charge in [0.15, 0.2) is 0 Å². The van der Waals surface area contributed by atoms with Crippen LogP contribution < -0.4 is 10.6 Å². The largest absolute Gasteiger partial charge is 0.356 e. The van der Waals surface area contributed by atoms with E-state index in [0.29, 0.717) is 13.0 Å². The van der Waals surface area contributed by atoms with E-state index in [4.69, 9.17) is 11.6 Å². The van der Waals surface area contributed by atoms with Gasteiger partial charge < -0.3 is 10.6 Å². The predicted octanol–water partition coefficient (Wildman–Crippen LogP) is 1.04. The van der Waals surface area contributed by atoms with Gasteiger partial charge in [0, 0.05) is 19.5 Å². The minimum Gasteiger partial charge on any atom is -0.356 e. The first-order valence-electron chi connectivity index (χ1n) is 5.30. The molecule has 0 saturated carbocycles. The van der Waals surface area contributed by atoms with Crippen LogP contribution in [0.5, 0.6) is 0 Å². The monoisotopic (exact) mass is 234 g/mol. The van der Waals surface area contributed by atoms with Gasteiger partial charge in [0.1, 0.15) is 5.88 Å². The molecule has 0 aliphatic heterocycles. The average Bonchev–Trinajstić information content (AvgIpc) is 2.24. The molecule has 15 heavy (non-hydrogen) atoms. The Morgan fingerprint density at radius 2 is 1.73 bits per heavy atom. The standard InChI is InChI=1S/C10H19ClN2O2/c1-2-3-4-6-12-9(14)5-7-13-10(15)8-11/h2-8H2,1H3,(H,12,14)(H,13,15). The van der Waals surface area contributed by atoms with Gasteiger partial charge in [0.05, 0.1) is 0 Å². The maximum atomic E-state index is 11.2. The molecule has 0 atom stereocenters. The van der Waals surface area contributed by atoms with Crippen LogP contribution in [0.4, 0.5) is 0 Å². The summed E-state index contributed by atoms with van der Waals surface area (Å²) in [5.41, 5.74) is 0. The fraction of sp³-hybridized carbons (Fsp3) is 0.800.